The van der Waals surface area contributed by atoms with Crippen molar-refractivity contribution in [2.45, 2.75) is 19.4 Å². The first kappa shape index (κ1) is 19.9. The lowest BCUT2D eigenvalue weighted by Crippen LogP contribution is -2.34. The normalized spacial score (nSPS) is 19.2. The fourth-order valence-corrected chi connectivity index (χ4v) is 3.84. The van der Waals surface area contributed by atoms with E-state index in [1.54, 1.807) is 29.2 Å². The molecular weight excluding hydrogens is 415 g/mol. The Morgan fingerprint density at radius 1 is 1.10 bits per heavy atom. The van der Waals surface area contributed by atoms with E-state index in [0.717, 1.165) is 5.56 Å². The van der Waals surface area contributed by atoms with Gasteiger partial charge in [-0.3, -0.25) is 9.59 Å². The summed E-state index contributed by atoms with van der Waals surface area (Å²) in [6, 6.07) is 10.4. The van der Waals surface area contributed by atoms with Crippen molar-refractivity contribution in [3.63, 3.8) is 0 Å². The number of halogens is 2. The fourth-order valence-electron chi connectivity index (χ4n) is 3.53. The summed E-state index contributed by atoms with van der Waals surface area (Å²) in [5, 5.41) is 3.86. The summed E-state index contributed by atoms with van der Waals surface area (Å²) in [6.45, 7) is 3.17. The maximum atomic E-state index is 12.7. The van der Waals surface area contributed by atoms with Gasteiger partial charge in [-0.15, -0.1) is 0 Å². The van der Waals surface area contributed by atoms with Crippen LogP contribution in [0.4, 0.5) is 5.69 Å². The van der Waals surface area contributed by atoms with Gasteiger partial charge in [0.05, 0.1) is 22.0 Å². The number of nitrogens with one attached hydrogen (secondary N) is 1. The molecule has 152 valence electrons. The average molecular weight is 435 g/mol. The Bertz CT molecular complexity index is 966. The van der Waals surface area contributed by atoms with Crippen molar-refractivity contribution in [2.75, 3.05) is 24.7 Å². The van der Waals surface area contributed by atoms with Crippen molar-refractivity contribution >= 4 is 40.7 Å². The number of anilines is 1. The molecule has 0 spiro atoms. The molecule has 2 amide bonds. The zero-order valence-electron chi connectivity index (χ0n) is 15.8. The van der Waals surface area contributed by atoms with Crippen molar-refractivity contribution < 1.29 is 19.1 Å². The second-order valence-corrected chi connectivity index (χ2v) is 7.95. The van der Waals surface area contributed by atoms with Gasteiger partial charge in [0.2, 0.25) is 11.8 Å². The van der Waals surface area contributed by atoms with Crippen LogP contribution in [0, 0.1) is 5.92 Å². The first-order valence-corrected chi connectivity index (χ1v) is 10.1. The van der Waals surface area contributed by atoms with E-state index >= 15 is 0 Å². The molecule has 2 unspecified atom stereocenters. The number of benzene rings is 2. The molecule has 0 radical (unpaired) electrons. The molecule has 0 aromatic heterocycles. The van der Waals surface area contributed by atoms with Crippen LogP contribution in [-0.4, -0.2) is 31.6 Å². The molecule has 2 aliphatic rings. The Labute approximate surface area is 178 Å². The zero-order valence-corrected chi connectivity index (χ0v) is 17.3. The third-order valence-corrected chi connectivity index (χ3v) is 5.87. The monoisotopic (exact) mass is 434 g/mol. The molecular formula is C21H20Cl2N2O4. The summed E-state index contributed by atoms with van der Waals surface area (Å²) in [4.78, 5) is 26.9. The molecule has 2 aromatic carbocycles. The molecule has 1 N–H and O–H groups in total. The van der Waals surface area contributed by atoms with Crippen LogP contribution in [0.1, 0.15) is 24.9 Å². The second-order valence-electron chi connectivity index (χ2n) is 7.14. The van der Waals surface area contributed by atoms with Gasteiger partial charge < -0.3 is 19.7 Å². The van der Waals surface area contributed by atoms with Crippen molar-refractivity contribution in [1.82, 2.24) is 5.32 Å². The van der Waals surface area contributed by atoms with Gasteiger partial charge in [0.1, 0.15) is 13.2 Å². The van der Waals surface area contributed by atoms with Gasteiger partial charge in [0.25, 0.3) is 0 Å². The summed E-state index contributed by atoms with van der Waals surface area (Å²) in [5.74, 6) is 0.584. The van der Waals surface area contributed by atoms with Gasteiger partial charge in [-0.25, -0.2) is 0 Å². The molecule has 0 bridgehead atoms. The lowest BCUT2D eigenvalue weighted by molar-refractivity contribution is -0.126. The summed E-state index contributed by atoms with van der Waals surface area (Å²) in [6.07, 6.45) is 0.161. The maximum Gasteiger partial charge on any atom is 0.227 e. The molecule has 1 saturated heterocycles. The van der Waals surface area contributed by atoms with Crippen LogP contribution in [0.5, 0.6) is 11.5 Å². The van der Waals surface area contributed by atoms with Gasteiger partial charge in [0.15, 0.2) is 11.5 Å². The van der Waals surface area contributed by atoms with Gasteiger partial charge >= 0.3 is 0 Å². The Balaban J connectivity index is 1.43. The van der Waals surface area contributed by atoms with Crippen LogP contribution in [0.3, 0.4) is 0 Å². The van der Waals surface area contributed by atoms with Crippen molar-refractivity contribution in [3.05, 3.63) is 52.0 Å². The van der Waals surface area contributed by atoms with E-state index in [4.69, 9.17) is 32.7 Å². The second kappa shape index (κ2) is 8.13. The number of hydrogen-bond donors (Lipinski definition) is 1. The van der Waals surface area contributed by atoms with E-state index in [0.29, 0.717) is 47.0 Å². The molecule has 2 heterocycles. The minimum Gasteiger partial charge on any atom is -0.486 e. The highest BCUT2D eigenvalue weighted by molar-refractivity contribution is 6.42. The third kappa shape index (κ3) is 4.14. The van der Waals surface area contributed by atoms with Gasteiger partial charge in [-0.2, -0.15) is 0 Å². The van der Waals surface area contributed by atoms with E-state index in [-0.39, 0.29) is 24.3 Å². The van der Waals surface area contributed by atoms with E-state index in [9.17, 15) is 9.59 Å². The van der Waals surface area contributed by atoms with Crippen LogP contribution in [0.2, 0.25) is 10.0 Å². The van der Waals surface area contributed by atoms with Gasteiger partial charge in [-0.05, 0) is 36.8 Å². The molecule has 6 nitrogen and oxygen atoms in total. The van der Waals surface area contributed by atoms with Crippen LogP contribution >= 0.6 is 23.2 Å². The molecule has 4 rings (SSSR count). The number of nitrogens with zero attached hydrogens (tertiary/aromatic N) is 1. The minimum absolute atomic E-state index is 0.0935. The van der Waals surface area contributed by atoms with E-state index in [1.807, 2.05) is 19.1 Å². The highest BCUT2D eigenvalue weighted by Gasteiger charge is 2.36. The third-order valence-electron chi connectivity index (χ3n) is 5.14. The lowest BCUT2D eigenvalue weighted by Gasteiger charge is -2.22. The van der Waals surface area contributed by atoms with Crippen molar-refractivity contribution in [2.24, 2.45) is 5.92 Å². The Morgan fingerprint density at radius 3 is 2.62 bits per heavy atom. The molecule has 29 heavy (non-hydrogen) atoms. The molecule has 1 fully saturated rings. The highest BCUT2D eigenvalue weighted by Crippen LogP contribution is 2.36. The SMILES string of the molecule is CC(NC(=O)C1CC(=O)N(c2ccc3c(c2)OCCO3)C1)c1ccc(Cl)c(Cl)c1. The number of fused-ring (bicyclic) bond motifs is 1. The highest BCUT2D eigenvalue weighted by atomic mass is 35.5. The van der Waals surface area contributed by atoms with Crippen LogP contribution < -0.4 is 19.7 Å². The molecule has 2 aromatic rings. The summed E-state index contributed by atoms with van der Waals surface area (Å²) in [7, 11) is 0. The van der Waals surface area contributed by atoms with Gasteiger partial charge in [0, 0.05) is 24.7 Å². The van der Waals surface area contributed by atoms with Crippen molar-refractivity contribution in [1.29, 1.82) is 0 Å². The summed E-state index contributed by atoms with van der Waals surface area (Å²) in [5.41, 5.74) is 1.55. The number of rotatable bonds is 4. The smallest absolute Gasteiger partial charge is 0.227 e. The number of carbonyl (C=O) groups is 2. The van der Waals surface area contributed by atoms with Crippen molar-refractivity contribution in [3.8, 4) is 11.5 Å². The largest absolute Gasteiger partial charge is 0.486 e. The quantitative estimate of drug-likeness (QED) is 0.789. The van der Waals surface area contributed by atoms with Gasteiger partial charge in [-0.1, -0.05) is 29.3 Å². The fraction of sp³-hybridized carbons (Fsp3) is 0.333. The number of amides is 2. The van der Waals surface area contributed by atoms with Crippen LogP contribution in [-0.2, 0) is 9.59 Å². The topological polar surface area (TPSA) is 67.9 Å². The standard InChI is InChI=1S/C21H20Cl2N2O4/c1-12(13-2-4-16(22)17(23)8-13)24-21(27)14-9-20(26)25(11-14)15-3-5-18-19(10-15)29-7-6-28-18/h2-5,8,10,12,14H,6-7,9,11H2,1H3,(H,24,27). The lowest BCUT2D eigenvalue weighted by atomic mass is 10.0. The first-order chi connectivity index (χ1) is 13.9. The maximum absolute atomic E-state index is 12.7. The predicted molar refractivity (Wildman–Crippen MR) is 111 cm³/mol. The average Bonchev–Trinajstić information content (AvgIpc) is 3.11. The predicted octanol–water partition coefficient (Wildman–Crippen LogP) is 3.99. The number of carbonyl (C=O) groups excluding carboxylic acids is 2. The summed E-state index contributed by atoms with van der Waals surface area (Å²) >= 11 is 12.0. The Morgan fingerprint density at radius 2 is 1.86 bits per heavy atom. The molecule has 8 heteroatoms. The van der Waals surface area contributed by atoms with Crippen LogP contribution in [0.25, 0.3) is 0 Å². The van der Waals surface area contributed by atoms with Crippen LogP contribution in [0.15, 0.2) is 36.4 Å². The van der Waals surface area contributed by atoms with E-state index in [2.05, 4.69) is 5.32 Å². The Hall–Kier alpha value is -2.44. The minimum atomic E-state index is -0.430. The zero-order chi connectivity index (χ0) is 20.5. The molecule has 2 aliphatic heterocycles. The Kier molecular flexibility index (Phi) is 5.56. The molecule has 2 atom stereocenters. The van der Waals surface area contributed by atoms with E-state index in [1.165, 1.54) is 0 Å². The summed E-state index contributed by atoms with van der Waals surface area (Å²) < 4.78 is 11.1. The number of hydrogen-bond acceptors (Lipinski definition) is 4. The molecule has 0 saturated carbocycles. The number of ether oxygens (including phenoxy) is 2. The molecule has 0 aliphatic carbocycles. The van der Waals surface area contributed by atoms with E-state index < -0.39 is 5.92 Å². The first-order valence-electron chi connectivity index (χ1n) is 9.37.